The molecular formula is C19H21N3O2. The predicted octanol–water partition coefficient (Wildman–Crippen LogP) is 3.58. The summed E-state index contributed by atoms with van der Waals surface area (Å²) in [5.41, 5.74) is 3.87. The first-order valence-electron chi connectivity index (χ1n) is 8.44. The van der Waals surface area contributed by atoms with Crippen LogP contribution in [0.3, 0.4) is 0 Å². The van der Waals surface area contributed by atoms with Gasteiger partial charge in [-0.05, 0) is 49.7 Å². The fourth-order valence-corrected chi connectivity index (χ4v) is 3.19. The molecule has 0 bridgehead atoms. The Bertz CT molecular complexity index is 837. The second-order valence-electron chi connectivity index (χ2n) is 6.25. The molecule has 0 radical (unpaired) electrons. The van der Waals surface area contributed by atoms with Gasteiger partial charge in [-0.3, -0.25) is 0 Å². The van der Waals surface area contributed by atoms with Gasteiger partial charge in [0.2, 0.25) is 5.88 Å². The van der Waals surface area contributed by atoms with Crippen molar-refractivity contribution in [3.63, 3.8) is 0 Å². The number of oxazole rings is 1. The molecule has 0 unspecified atom stereocenters. The van der Waals surface area contributed by atoms with Gasteiger partial charge in [0.05, 0.1) is 0 Å². The summed E-state index contributed by atoms with van der Waals surface area (Å²) in [6.07, 6.45) is 2.28. The van der Waals surface area contributed by atoms with Crippen molar-refractivity contribution in [1.29, 1.82) is 0 Å². The van der Waals surface area contributed by atoms with Crippen molar-refractivity contribution in [2.24, 2.45) is 0 Å². The molecule has 0 saturated carbocycles. The van der Waals surface area contributed by atoms with Crippen LogP contribution in [0, 0.1) is 6.92 Å². The second-order valence-corrected chi connectivity index (χ2v) is 6.25. The third-order valence-corrected chi connectivity index (χ3v) is 4.45. The number of piperidine rings is 1. The van der Waals surface area contributed by atoms with E-state index in [1.165, 1.54) is 0 Å². The third kappa shape index (κ3) is 3.26. The molecular weight excluding hydrogens is 302 g/mol. The van der Waals surface area contributed by atoms with Crippen LogP contribution in [0.2, 0.25) is 0 Å². The molecule has 1 aliphatic rings. The number of rotatable bonds is 4. The van der Waals surface area contributed by atoms with Crippen molar-refractivity contribution in [1.82, 2.24) is 15.3 Å². The molecule has 0 aliphatic carbocycles. The average molecular weight is 323 g/mol. The molecule has 0 amide bonds. The summed E-state index contributed by atoms with van der Waals surface area (Å²) in [5, 5.41) is 3.39. The van der Waals surface area contributed by atoms with Crippen LogP contribution in [0.4, 0.5) is 0 Å². The maximum absolute atomic E-state index is 5.89. The molecule has 1 aromatic carbocycles. The summed E-state index contributed by atoms with van der Waals surface area (Å²) in [6, 6.07) is 12.0. The quantitative estimate of drug-likeness (QED) is 0.795. The van der Waals surface area contributed by atoms with Crippen molar-refractivity contribution in [3.8, 4) is 5.88 Å². The van der Waals surface area contributed by atoms with E-state index in [1.807, 2.05) is 37.3 Å². The number of nitrogens with one attached hydrogen (secondary N) is 1. The van der Waals surface area contributed by atoms with Gasteiger partial charge in [0.15, 0.2) is 11.5 Å². The molecule has 0 spiro atoms. The Hall–Kier alpha value is -2.40. The van der Waals surface area contributed by atoms with Gasteiger partial charge in [0, 0.05) is 24.6 Å². The molecule has 3 heterocycles. The van der Waals surface area contributed by atoms with Gasteiger partial charge in [-0.2, -0.15) is 0 Å². The monoisotopic (exact) mass is 323 g/mol. The molecule has 0 atom stereocenters. The average Bonchev–Trinajstić information content (AvgIpc) is 3.00. The Morgan fingerprint density at radius 2 is 2.04 bits per heavy atom. The van der Waals surface area contributed by atoms with E-state index in [1.54, 1.807) is 0 Å². The standard InChI is InChI=1S/C19H21N3O2/c1-13-21-17-11-14(5-6-18(17)24-13)12-23-19-4-2-3-16(22-19)15-7-9-20-10-8-15/h2-6,11,15,20H,7-10,12H2,1H3. The van der Waals surface area contributed by atoms with Crippen LogP contribution in [-0.2, 0) is 6.61 Å². The summed E-state index contributed by atoms with van der Waals surface area (Å²) < 4.78 is 11.4. The number of hydrogen-bond acceptors (Lipinski definition) is 5. The van der Waals surface area contributed by atoms with Crippen LogP contribution in [-0.4, -0.2) is 23.1 Å². The topological polar surface area (TPSA) is 60.2 Å². The Morgan fingerprint density at radius 1 is 1.17 bits per heavy atom. The summed E-state index contributed by atoms with van der Waals surface area (Å²) in [6.45, 7) is 4.46. The molecule has 1 N–H and O–H groups in total. The largest absolute Gasteiger partial charge is 0.473 e. The first-order chi connectivity index (χ1) is 11.8. The summed E-state index contributed by atoms with van der Waals surface area (Å²) in [5.74, 6) is 1.89. The Balaban J connectivity index is 1.46. The zero-order chi connectivity index (χ0) is 16.4. The Kier molecular flexibility index (Phi) is 4.17. The van der Waals surface area contributed by atoms with E-state index < -0.39 is 0 Å². The highest BCUT2D eigenvalue weighted by molar-refractivity contribution is 5.73. The second kappa shape index (κ2) is 6.61. The smallest absolute Gasteiger partial charge is 0.213 e. The van der Waals surface area contributed by atoms with Crippen LogP contribution in [0.15, 0.2) is 40.8 Å². The highest BCUT2D eigenvalue weighted by Gasteiger charge is 2.16. The lowest BCUT2D eigenvalue weighted by molar-refractivity contribution is 0.291. The minimum absolute atomic E-state index is 0.477. The number of aromatic nitrogens is 2. The van der Waals surface area contributed by atoms with E-state index in [0.717, 1.165) is 48.3 Å². The Labute approximate surface area is 141 Å². The third-order valence-electron chi connectivity index (χ3n) is 4.45. The van der Waals surface area contributed by atoms with Crippen molar-refractivity contribution in [2.75, 3.05) is 13.1 Å². The molecule has 1 aliphatic heterocycles. The number of fused-ring (bicyclic) bond motifs is 1. The summed E-state index contributed by atoms with van der Waals surface area (Å²) in [4.78, 5) is 9.05. The fraction of sp³-hybridized carbons (Fsp3) is 0.368. The lowest BCUT2D eigenvalue weighted by atomic mass is 9.94. The van der Waals surface area contributed by atoms with Crippen molar-refractivity contribution >= 4 is 11.1 Å². The molecule has 1 saturated heterocycles. The van der Waals surface area contributed by atoms with Crippen LogP contribution in [0.1, 0.15) is 35.9 Å². The first-order valence-corrected chi connectivity index (χ1v) is 8.44. The molecule has 5 heteroatoms. The lowest BCUT2D eigenvalue weighted by Gasteiger charge is -2.22. The maximum atomic E-state index is 5.89. The molecule has 2 aromatic heterocycles. The number of nitrogens with zero attached hydrogens (tertiary/aromatic N) is 2. The highest BCUT2D eigenvalue weighted by atomic mass is 16.5. The fourth-order valence-electron chi connectivity index (χ4n) is 3.19. The van der Waals surface area contributed by atoms with Gasteiger partial charge in [-0.15, -0.1) is 0 Å². The zero-order valence-electron chi connectivity index (χ0n) is 13.8. The number of hydrogen-bond donors (Lipinski definition) is 1. The van der Waals surface area contributed by atoms with E-state index in [2.05, 4.69) is 16.4 Å². The number of ether oxygens (including phenoxy) is 1. The van der Waals surface area contributed by atoms with E-state index in [0.29, 0.717) is 24.3 Å². The van der Waals surface area contributed by atoms with E-state index in [4.69, 9.17) is 14.1 Å². The molecule has 1 fully saturated rings. The number of pyridine rings is 1. The van der Waals surface area contributed by atoms with Crippen LogP contribution in [0.5, 0.6) is 5.88 Å². The first kappa shape index (κ1) is 15.1. The zero-order valence-corrected chi connectivity index (χ0v) is 13.8. The maximum Gasteiger partial charge on any atom is 0.213 e. The molecule has 4 rings (SSSR count). The normalized spacial score (nSPS) is 15.7. The minimum atomic E-state index is 0.477. The number of aryl methyl sites for hydroxylation is 1. The van der Waals surface area contributed by atoms with Crippen LogP contribution >= 0.6 is 0 Å². The summed E-state index contributed by atoms with van der Waals surface area (Å²) >= 11 is 0. The van der Waals surface area contributed by atoms with Crippen molar-refractivity contribution < 1.29 is 9.15 Å². The Morgan fingerprint density at radius 3 is 2.92 bits per heavy atom. The highest BCUT2D eigenvalue weighted by Crippen LogP contribution is 2.25. The SMILES string of the molecule is Cc1nc2cc(COc3cccc(C4CCNCC4)n3)ccc2o1. The van der Waals surface area contributed by atoms with Crippen LogP contribution < -0.4 is 10.1 Å². The van der Waals surface area contributed by atoms with Gasteiger partial charge in [0.1, 0.15) is 12.1 Å². The minimum Gasteiger partial charge on any atom is -0.473 e. The lowest BCUT2D eigenvalue weighted by Crippen LogP contribution is -2.27. The van der Waals surface area contributed by atoms with Crippen molar-refractivity contribution in [3.05, 3.63) is 53.5 Å². The number of benzene rings is 1. The van der Waals surface area contributed by atoms with Gasteiger partial charge >= 0.3 is 0 Å². The molecule has 3 aromatic rings. The molecule has 24 heavy (non-hydrogen) atoms. The van der Waals surface area contributed by atoms with Crippen molar-refractivity contribution in [2.45, 2.75) is 32.3 Å². The molecule has 5 nitrogen and oxygen atoms in total. The van der Waals surface area contributed by atoms with Crippen LogP contribution in [0.25, 0.3) is 11.1 Å². The van der Waals surface area contributed by atoms with Gasteiger partial charge in [-0.25, -0.2) is 9.97 Å². The van der Waals surface area contributed by atoms with Gasteiger partial charge < -0.3 is 14.5 Å². The van der Waals surface area contributed by atoms with Gasteiger partial charge in [0.25, 0.3) is 0 Å². The van der Waals surface area contributed by atoms with Gasteiger partial charge in [-0.1, -0.05) is 12.1 Å². The predicted molar refractivity (Wildman–Crippen MR) is 92.2 cm³/mol. The molecule has 124 valence electrons. The van der Waals surface area contributed by atoms with E-state index >= 15 is 0 Å². The summed E-state index contributed by atoms with van der Waals surface area (Å²) in [7, 11) is 0. The van der Waals surface area contributed by atoms with E-state index in [-0.39, 0.29) is 0 Å². The van der Waals surface area contributed by atoms with E-state index in [9.17, 15) is 0 Å².